The molecule has 0 bridgehead atoms. The van der Waals surface area contributed by atoms with Crippen LogP contribution in [0, 0.1) is 35.5 Å². The fourth-order valence-electron chi connectivity index (χ4n) is 7.20. The van der Waals surface area contributed by atoms with Crippen LogP contribution in [0.1, 0.15) is 70.1 Å². The van der Waals surface area contributed by atoms with Gasteiger partial charge in [0.2, 0.25) is 0 Å². The quantitative estimate of drug-likeness (QED) is 0.644. The molecule has 5 rings (SSSR count). The molecule has 1 aromatic heterocycles. The Morgan fingerprint density at radius 2 is 1.90 bits per heavy atom. The second kappa shape index (κ2) is 6.26. The molecule has 0 amide bonds. The van der Waals surface area contributed by atoms with Gasteiger partial charge >= 0.3 is 0 Å². The van der Waals surface area contributed by atoms with Gasteiger partial charge in [0.25, 0.3) is 0 Å². The summed E-state index contributed by atoms with van der Waals surface area (Å²) >= 11 is 0. The number of Topliss-reactive ketones (excluding diaryl/α,β-unsaturated/α-hetero) is 1. The topological polar surface area (TPSA) is 52.0 Å². The molecule has 0 aromatic carbocycles. The number of carbonyl (C=O) groups excluding carboxylic acids is 2. The van der Waals surface area contributed by atoms with Crippen molar-refractivity contribution in [2.45, 2.75) is 65.7 Å². The van der Waals surface area contributed by atoms with Crippen molar-refractivity contribution in [3.8, 4) is 0 Å². The minimum atomic E-state index is -0.217. The normalized spacial score (nSPS) is 40.5. The summed E-state index contributed by atoms with van der Waals surface area (Å²) in [6, 6.07) is 0. The van der Waals surface area contributed by atoms with Crippen LogP contribution >= 0.6 is 0 Å². The summed E-state index contributed by atoms with van der Waals surface area (Å²) < 4.78 is 1.87. The van der Waals surface area contributed by atoms with Gasteiger partial charge in [0, 0.05) is 30.1 Å². The zero-order valence-corrected chi connectivity index (χ0v) is 18.1. The average Bonchev–Trinajstić information content (AvgIpc) is 3.14. The van der Waals surface area contributed by atoms with Crippen molar-refractivity contribution < 1.29 is 9.59 Å². The molecule has 0 saturated heterocycles. The summed E-state index contributed by atoms with van der Waals surface area (Å²) in [5.41, 5.74) is 4.51. The lowest BCUT2D eigenvalue weighted by Crippen LogP contribution is -2.50. The number of carbonyl (C=O) groups is 2. The second-order valence-corrected chi connectivity index (χ2v) is 10.4. The number of rotatable bonds is 1. The van der Waals surface area contributed by atoms with Gasteiger partial charge in [-0.05, 0) is 86.3 Å². The molecule has 0 unspecified atom stereocenters. The van der Waals surface area contributed by atoms with E-state index in [2.05, 4.69) is 31.9 Å². The largest absolute Gasteiger partial charge is 0.295 e. The Morgan fingerprint density at radius 3 is 2.62 bits per heavy atom. The zero-order valence-electron chi connectivity index (χ0n) is 18.1. The van der Waals surface area contributed by atoms with Crippen LogP contribution in [0.4, 0.5) is 0 Å². The highest BCUT2D eigenvalue weighted by molar-refractivity contribution is 6.06. The number of nitrogens with zero attached hydrogens (tertiary/aromatic N) is 2. The molecule has 0 aliphatic heterocycles. The molecule has 1 heterocycles. The Hall–Kier alpha value is -1.97. The highest BCUT2D eigenvalue weighted by Crippen LogP contribution is 2.65. The van der Waals surface area contributed by atoms with Gasteiger partial charge in [-0.15, -0.1) is 0 Å². The maximum absolute atomic E-state index is 13.5. The molecule has 3 fully saturated rings. The Labute approximate surface area is 173 Å². The van der Waals surface area contributed by atoms with Gasteiger partial charge in [-0.1, -0.05) is 19.4 Å². The third kappa shape index (κ3) is 2.60. The Bertz CT molecular complexity index is 967. The van der Waals surface area contributed by atoms with E-state index in [4.69, 9.17) is 0 Å². The summed E-state index contributed by atoms with van der Waals surface area (Å²) in [5, 5.41) is 4.34. The first-order valence-corrected chi connectivity index (χ1v) is 11.2. The molecule has 4 aliphatic carbocycles. The molecule has 5 atom stereocenters. The van der Waals surface area contributed by atoms with Crippen LogP contribution in [-0.4, -0.2) is 21.3 Å². The summed E-state index contributed by atoms with van der Waals surface area (Å²) in [6.45, 7) is 6.69. The molecule has 4 nitrogen and oxygen atoms in total. The maximum Gasteiger partial charge on any atom is 0.165 e. The van der Waals surface area contributed by atoms with Gasteiger partial charge in [-0.25, -0.2) is 0 Å². The molecule has 3 saturated carbocycles. The van der Waals surface area contributed by atoms with E-state index in [0.717, 1.165) is 55.4 Å². The zero-order chi connectivity index (χ0) is 20.6. The summed E-state index contributed by atoms with van der Waals surface area (Å²) in [4.78, 5) is 25.5. The van der Waals surface area contributed by atoms with Crippen molar-refractivity contribution in [3.05, 3.63) is 34.7 Å². The van der Waals surface area contributed by atoms with E-state index in [9.17, 15) is 9.59 Å². The lowest BCUT2D eigenvalue weighted by atomic mass is 9.47. The number of aryl methyl sites for hydroxylation is 1. The SMILES string of the molecule is Cc1c(/C=C2/C[C@@H]3[C@H]4CCC5=CC(=O)CC[C@@]5(C)[C@@H]4CC[C@@]3(C)C2=O)cnn1C. The van der Waals surface area contributed by atoms with Crippen LogP contribution < -0.4 is 0 Å². The number of allylic oxidation sites excluding steroid dienone is 2. The predicted octanol–water partition coefficient (Wildman–Crippen LogP) is 4.82. The van der Waals surface area contributed by atoms with Gasteiger partial charge in [0.15, 0.2) is 11.6 Å². The molecule has 0 N–H and O–H groups in total. The predicted molar refractivity (Wildman–Crippen MR) is 113 cm³/mol. The van der Waals surface area contributed by atoms with Gasteiger partial charge in [-0.3, -0.25) is 14.3 Å². The van der Waals surface area contributed by atoms with Crippen LogP contribution in [0.5, 0.6) is 0 Å². The van der Waals surface area contributed by atoms with Crippen molar-refractivity contribution in [1.82, 2.24) is 9.78 Å². The summed E-state index contributed by atoms with van der Waals surface area (Å²) in [7, 11) is 1.95. The molecule has 4 aliphatic rings. The van der Waals surface area contributed by atoms with Gasteiger partial charge in [0.05, 0.1) is 6.20 Å². The van der Waals surface area contributed by atoms with Crippen molar-refractivity contribution in [2.75, 3.05) is 0 Å². The van der Waals surface area contributed by atoms with E-state index < -0.39 is 0 Å². The minimum absolute atomic E-state index is 0.160. The van der Waals surface area contributed by atoms with Gasteiger partial charge < -0.3 is 0 Å². The van der Waals surface area contributed by atoms with E-state index in [-0.39, 0.29) is 10.8 Å². The van der Waals surface area contributed by atoms with Crippen molar-refractivity contribution in [1.29, 1.82) is 0 Å². The van der Waals surface area contributed by atoms with Crippen LogP contribution in [0.25, 0.3) is 6.08 Å². The molecule has 1 aromatic rings. The van der Waals surface area contributed by atoms with Crippen LogP contribution in [0.15, 0.2) is 23.4 Å². The number of hydrogen-bond acceptors (Lipinski definition) is 3. The van der Waals surface area contributed by atoms with E-state index in [1.54, 1.807) is 0 Å². The molecular weight excluding hydrogens is 360 g/mol. The first-order chi connectivity index (χ1) is 13.7. The van der Waals surface area contributed by atoms with Gasteiger partial charge in [-0.2, -0.15) is 5.10 Å². The molecule has 4 heteroatoms. The van der Waals surface area contributed by atoms with E-state index >= 15 is 0 Å². The second-order valence-electron chi connectivity index (χ2n) is 10.4. The molecule has 29 heavy (non-hydrogen) atoms. The van der Waals surface area contributed by atoms with E-state index in [1.165, 1.54) is 5.57 Å². The first-order valence-electron chi connectivity index (χ1n) is 11.2. The number of hydrogen-bond donors (Lipinski definition) is 0. The van der Waals surface area contributed by atoms with Crippen molar-refractivity contribution in [2.24, 2.45) is 35.6 Å². The Morgan fingerprint density at radius 1 is 1.10 bits per heavy atom. The van der Waals surface area contributed by atoms with Gasteiger partial charge in [0.1, 0.15) is 0 Å². The van der Waals surface area contributed by atoms with Crippen LogP contribution in [-0.2, 0) is 16.6 Å². The minimum Gasteiger partial charge on any atom is -0.295 e. The van der Waals surface area contributed by atoms with Crippen molar-refractivity contribution in [3.63, 3.8) is 0 Å². The van der Waals surface area contributed by atoms with Crippen LogP contribution in [0.3, 0.4) is 0 Å². The molecule has 154 valence electrons. The third-order valence-electron chi connectivity index (χ3n) is 9.20. The highest BCUT2D eigenvalue weighted by atomic mass is 16.1. The molecular formula is C25H32N2O2. The fraction of sp³-hybridized carbons (Fsp3) is 0.640. The van der Waals surface area contributed by atoms with E-state index in [1.807, 2.05) is 24.0 Å². The Balaban J connectivity index is 1.49. The van der Waals surface area contributed by atoms with Crippen molar-refractivity contribution >= 4 is 17.6 Å². The number of fused-ring (bicyclic) bond motifs is 5. The van der Waals surface area contributed by atoms with Crippen LogP contribution in [0.2, 0.25) is 0 Å². The Kier molecular flexibility index (Phi) is 4.11. The lowest BCUT2D eigenvalue weighted by Gasteiger charge is -2.56. The van der Waals surface area contributed by atoms with E-state index in [0.29, 0.717) is 35.7 Å². The summed E-state index contributed by atoms with van der Waals surface area (Å²) in [6.07, 6.45) is 12.8. The number of aromatic nitrogens is 2. The highest BCUT2D eigenvalue weighted by Gasteiger charge is 2.60. The first kappa shape index (κ1) is 19.0. The smallest absolute Gasteiger partial charge is 0.165 e. The fourth-order valence-corrected chi connectivity index (χ4v) is 7.20. The average molecular weight is 393 g/mol. The standard InChI is InChI=1S/C25H32N2O2/c1-15-17(14-26-27(15)4)11-16-12-22-20-6-5-18-13-19(28)7-9-24(18,2)21(20)8-10-25(22,3)23(16)29/h11,13-14,20-22H,5-10,12H2,1-4H3/b16-11-/t20-,21+,22+,24+,25+/m0/s1. The summed E-state index contributed by atoms with van der Waals surface area (Å²) in [5.74, 6) is 2.32. The number of ketones is 2. The maximum atomic E-state index is 13.5. The molecule has 0 radical (unpaired) electrons. The third-order valence-corrected chi connectivity index (χ3v) is 9.20. The molecule has 0 spiro atoms. The monoisotopic (exact) mass is 392 g/mol. The lowest BCUT2D eigenvalue weighted by molar-refractivity contribution is -0.130.